The zero-order valence-electron chi connectivity index (χ0n) is 14.0. The third-order valence-electron chi connectivity index (χ3n) is 4.22. The monoisotopic (exact) mass is 339 g/mol. The van der Waals surface area contributed by atoms with Crippen LogP contribution in [0.15, 0.2) is 10.6 Å². The fraction of sp³-hybridized carbons (Fsp3) is 0.688. The number of anilines is 1. The number of amides is 2. The first-order valence-electron chi connectivity index (χ1n) is 8.09. The second-order valence-corrected chi connectivity index (χ2v) is 7.39. The minimum atomic E-state index is -0.323. The van der Waals surface area contributed by atoms with Gasteiger partial charge < -0.3 is 14.7 Å². The van der Waals surface area contributed by atoms with Crippen LogP contribution in [0.2, 0.25) is 0 Å². The molecule has 1 aliphatic carbocycles. The topological polar surface area (TPSA) is 75.4 Å². The van der Waals surface area contributed by atoms with Crippen LogP contribution in [-0.4, -0.2) is 46.0 Å². The van der Waals surface area contributed by atoms with Crippen LogP contribution in [0.25, 0.3) is 0 Å². The molecule has 0 aliphatic heterocycles. The number of nitrogens with zero attached hydrogens (tertiary/aromatic N) is 2. The summed E-state index contributed by atoms with van der Waals surface area (Å²) in [6.45, 7) is 3.56. The van der Waals surface area contributed by atoms with Crippen molar-refractivity contribution in [3.05, 3.63) is 11.8 Å². The lowest BCUT2D eigenvalue weighted by molar-refractivity contribution is -0.129. The molecule has 1 aliphatic rings. The van der Waals surface area contributed by atoms with Crippen molar-refractivity contribution in [1.29, 1.82) is 0 Å². The molecule has 6 nitrogen and oxygen atoms in total. The van der Waals surface area contributed by atoms with Gasteiger partial charge in [0.25, 0.3) is 0 Å². The Kier molecular flexibility index (Phi) is 6.50. The van der Waals surface area contributed by atoms with Crippen LogP contribution >= 0.6 is 11.8 Å². The second-order valence-electron chi connectivity index (χ2n) is 6.06. The third-order valence-corrected chi connectivity index (χ3v) is 5.35. The van der Waals surface area contributed by atoms with Crippen molar-refractivity contribution in [3.63, 3.8) is 0 Å². The number of nitrogens with one attached hydrogen (secondary N) is 1. The maximum atomic E-state index is 12.3. The molecule has 1 aromatic rings. The molecule has 128 valence electrons. The Labute approximate surface area is 141 Å². The Morgan fingerprint density at radius 1 is 1.43 bits per heavy atom. The molecule has 1 heterocycles. The highest BCUT2D eigenvalue weighted by Gasteiger charge is 2.23. The minimum absolute atomic E-state index is 0.0961. The average molecular weight is 339 g/mol. The van der Waals surface area contributed by atoms with E-state index in [9.17, 15) is 9.59 Å². The van der Waals surface area contributed by atoms with E-state index in [-0.39, 0.29) is 17.1 Å². The number of carbonyl (C=O) groups excluding carboxylic acids is 2. The molecule has 1 aromatic heterocycles. The predicted octanol–water partition coefficient (Wildman–Crippen LogP) is 2.83. The lowest BCUT2D eigenvalue weighted by Gasteiger charge is -2.31. The fourth-order valence-electron chi connectivity index (χ4n) is 2.70. The first-order chi connectivity index (χ1) is 11.0. The number of thioether (sulfide) groups is 1. The zero-order valence-corrected chi connectivity index (χ0v) is 14.8. The van der Waals surface area contributed by atoms with Crippen LogP contribution in [0.4, 0.5) is 5.82 Å². The second kappa shape index (κ2) is 8.38. The van der Waals surface area contributed by atoms with Gasteiger partial charge in [-0.05, 0) is 26.7 Å². The van der Waals surface area contributed by atoms with E-state index in [1.54, 1.807) is 19.9 Å². The summed E-state index contributed by atoms with van der Waals surface area (Å²) < 4.78 is 4.91. The zero-order chi connectivity index (χ0) is 16.8. The van der Waals surface area contributed by atoms with Gasteiger partial charge in [-0.15, -0.1) is 11.8 Å². The van der Waals surface area contributed by atoms with E-state index in [1.807, 2.05) is 11.9 Å². The highest BCUT2D eigenvalue weighted by atomic mass is 32.2. The van der Waals surface area contributed by atoms with E-state index in [0.717, 1.165) is 12.8 Å². The number of aryl methyl sites for hydroxylation is 1. The molecule has 0 spiro atoms. The third kappa shape index (κ3) is 5.27. The van der Waals surface area contributed by atoms with Crippen LogP contribution in [0.3, 0.4) is 0 Å². The first kappa shape index (κ1) is 17.8. The summed E-state index contributed by atoms with van der Waals surface area (Å²) in [4.78, 5) is 26.2. The molecule has 0 bridgehead atoms. The van der Waals surface area contributed by atoms with Crippen molar-refractivity contribution in [2.24, 2.45) is 0 Å². The molecule has 1 fully saturated rings. The molecule has 0 saturated heterocycles. The maximum Gasteiger partial charge on any atom is 0.238 e. The van der Waals surface area contributed by atoms with Gasteiger partial charge in [0.2, 0.25) is 11.8 Å². The van der Waals surface area contributed by atoms with Gasteiger partial charge in [0.15, 0.2) is 5.82 Å². The molecule has 1 atom stereocenters. The van der Waals surface area contributed by atoms with Crippen molar-refractivity contribution in [2.75, 3.05) is 18.1 Å². The van der Waals surface area contributed by atoms with Crippen LogP contribution < -0.4 is 5.32 Å². The minimum Gasteiger partial charge on any atom is -0.360 e. The van der Waals surface area contributed by atoms with Gasteiger partial charge in [-0.25, -0.2) is 0 Å². The molecule has 2 rings (SSSR count). The predicted molar refractivity (Wildman–Crippen MR) is 91.4 cm³/mol. The fourth-order valence-corrected chi connectivity index (χ4v) is 3.51. The molecule has 2 amide bonds. The van der Waals surface area contributed by atoms with Crippen molar-refractivity contribution < 1.29 is 14.1 Å². The highest BCUT2D eigenvalue weighted by Crippen LogP contribution is 2.23. The average Bonchev–Trinajstić information content (AvgIpc) is 2.97. The summed E-state index contributed by atoms with van der Waals surface area (Å²) in [7, 11) is 1.88. The van der Waals surface area contributed by atoms with E-state index < -0.39 is 0 Å². The maximum absolute atomic E-state index is 12.3. The van der Waals surface area contributed by atoms with Gasteiger partial charge in [0.1, 0.15) is 5.76 Å². The molecule has 0 aromatic carbocycles. The van der Waals surface area contributed by atoms with E-state index in [4.69, 9.17) is 4.52 Å². The number of rotatable bonds is 6. The van der Waals surface area contributed by atoms with Gasteiger partial charge in [-0.3, -0.25) is 9.59 Å². The molecule has 1 saturated carbocycles. The Morgan fingerprint density at radius 2 is 2.13 bits per heavy atom. The largest absolute Gasteiger partial charge is 0.360 e. The number of aromatic nitrogens is 1. The van der Waals surface area contributed by atoms with Crippen molar-refractivity contribution in [1.82, 2.24) is 10.1 Å². The number of carbonyl (C=O) groups is 2. The molecule has 0 radical (unpaired) electrons. The molecule has 23 heavy (non-hydrogen) atoms. The van der Waals surface area contributed by atoms with E-state index >= 15 is 0 Å². The number of hydrogen-bond acceptors (Lipinski definition) is 5. The molecule has 1 unspecified atom stereocenters. The van der Waals surface area contributed by atoms with Crippen LogP contribution in [0.5, 0.6) is 0 Å². The van der Waals surface area contributed by atoms with Gasteiger partial charge in [0, 0.05) is 19.2 Å². The molecule has 1 N–H and O–H groups in total. The first-order valence-corrected chi connectivity index (χ1v) is 9.13. The summed E-state index contributed by atoms with van der Waals surface area (Å²) in [5.41, 5.74) is 0. The quantitative estimate of drug-likeness (QED) is 0.862. The summed E-state index contributed by atoms with van der Waals surface area (Å²) in [6, 6.07) is 2.02. The Bertz CT molecular complexity index is 540. The van der Waals surface area contributed by atoms with Crippen LogP contribution in [0, 0.1) is 6.92 Å². The Morgan fingerprint density at radius 3 is 2.74 bits per heavy atom. The van der Waals surface area contributed by atoms with Crippen LogP contribution in [-0.2, 0) is 9.59 Å². The normalized spacial score (nSPS) is 16.8. The van der Waals surface area contributed by atoms with Crippen molar-refractivity contribution in [2.45, 2.75) is 57.2 Å². The Balaban J connectivity index is 1.75. The molecule has 7 heteroatoms. The summed E-state index contributed by atoms with van der Waals surface area (Å²) >= 11 is 1.35. The van der Waals surface area contributed by atoms with E-state index in [1.165, 1.54) is 31.0 Å². The van der Waals surface area contributed by atoms with Crippen LogP contribution in [0.1, 0.15) is 44.8 Å². The smallest absolute Gasteiger partial charge is 0.238 e. The summed E-state index contributed by atoms with van der Waals surface area (Å²) in [5, 5.41) is 6.10. The Hall–Kier alpha value is -1.50. The van der Waals surface area contributed by atoms with Gasteiger partial charge in [0.05, 0.1) is 11.0 Å². The van der Waals surface area contributed by atoms with Gasteiger partial charge in [-0.2, -0.15) is 0 Å². The lowest BCUT2D eigenvalue weighted by atomic mass is 9.94. The van der Waals surface area contributed by atoms with Gasteiger partial charge in [-0.1, -0.05) is 24.4 Å². The summed E-state index contributed by atoms with van der Waals surface area (Å²) in [5.74, 6) is 1.30. The SMILES string of the molecule is Cc1cc(NC(=O)C(C)SCC(=O)N(C)C2CCCCC2)no1. The number of hydrogen-bond donors (Lipinski definition) is 1. The van der Waals surface area contributed by atoms with Crippen molar-refractivity contribution >= 4 is 29.4 Å². The van der Waals surface area contributed by atoms with Crippen molar-refractivity contribution in [3.8, 4) is 0 Å². The lowest BCUT2D eigenvalue weighted by Crippen LogP contribution is -2.39. The molecular weight excluding hydrogens is 314 g/mol. The molecular formula is C16H25N3O3S. The van der Waals surface area contributed by atoms with E-state index in [2.05, 4.69) is 10.5 Å². The van der Waals surface area contributed by atoms with E-state index in [0.29, 0.717) is 23.4 Å². The summed E-state index contributed by atoms with van der Waals surface area (Å²) in [6.07, 6.45) is 5.85. The highest BCUT2D eigenvalue weighted by molar-refractivity contribution is 8.01. The van der Waals surface area contributed by atoms with Gasteiger partial charge >= 0.3 is 0 Å². The standard InChI is InChI=1S/C16H25N3O3S/c1-11-9-14(18-22-11)17-16(21)12(2)23-10-15(20)19(3)13-7-5-4-6-8-13/h9,12-13H,4-8,10H2,1-3H3,(H,17,18,21).